The number of aromatic hydroxyl groups is 1. The number of aromatic nitrogens is 2. The van der Waals surface area contributed by atoms with Gasteiger partial charge in [-0.15, -0.1) is 11.3 Å². The number of piperidine rings is 1. The van der Waals surface area contributed by atoms with Crippen molar-refractivity contribution in [2.24, 2.45) is 0 Å². The Morgan fingerprint density at radius 1 is 1.22 bits per heavy atom. The van der Waals surface area contributed by atoms with Crippen molar-refractivity contribution in [3.63, 3.8) is 0 Å². The third-order valence-corrected chi connectivity index (χ3v) is 11.4. The molecular weight excluding hydrogens is 646 g/mol. The SMILES string of the molecule is CC(C)c1nc(C(=O)N2CCOC3(CCN(Cc4ccc(Cl)c(CCNCC(O)c5ccc(O)c6[nH]c(=O)sc56)c4)CC3)C2)cs1. The van der Waals surface area contributed by atoms with Crippen LogP contribution in [0.4, 0.5) is 0 Å². The van der Waals surface area contributed by atoms with Crippen LogP contribution >= 0.6 is 34.3 Å². The van der Waals surface area contributed by atoms with Gasteiger partial charge in [-0.2, -0.15) is 0 Å². The number of hydrogen-bond acceptors (Lipinski definition) is 10. The Morgan fingerprint density at radius 2 is 2.02 bits per heavy atom. The highest BCUT2D eigenvalue weighted by Gasteiger charge is 2.41. The van der Waals surface area contributed by atoms with Crippen LogP contribution < -0.4 is 10.2 Å². The van der Waals surface area contributed by atoms with Gasteiger partial charge in [-0.1, -0.05) is 55.0 Å². The number of fused-ring (bicyclic) bond motifs is 1. The quantitative estimate of drug-likeness (QED) is 0.174. The van der Waals surface area contributed by atoms with Crippen LogP contribution in [0.5, 0.6) is 5.75 Å². The fourth-order valence-corrected chi connectivity index (χ4v) is 8.24. The number of phenols is 1. The summed E-state index contributed by atoms with van der Waals surface area (Å²) in [5, 5.41) is 27.7. The number of nitrogens with one attached hydrogen (secondary N) is 2. The summed E-state index contributed by atoms with van der Waals surface area (Å²) in [6, 6.07) is 9.31. The summed E-state index contributed by atoms with van der Waals surface area (Å²) in [6.45, 7) is 9.41. The maximum atomic E-state index is 13.2. The summed E-state index contributed by atoms with van der Waals surface area (Å²) in [5.41, 5.74) is 3.42. The molecule has 10 nitrogen and oxygen atoms in total. The molecule has 2 aromatic carbocycles. The molecule has 246 valence electrons. The molecule has 2 fully saturated rings. The number of phenolic OH excluding ortho intramolecular Hbond substituents is 1. The summed E-state index contributed by atoms with van der Waals surface area (Å²) in [4.78, 5) is 36.3. The second-order valence-corrected chi connectivity index (χ2v) is 14.8. The Labute approximate surface area is 281 Å². The van der Waals surface area contributed by atoms with Gasteiger partial charge in [-0.3, -0.25) is 14.5 Å². The molecule has 1 spiro atoms. The standard InChI is InChI=1S/C33H40ClN5O5S2/c1-20(2)30-36-25(18-45-30)31(42)39-13-14-44-33(19-39)8-11-38(12-9-33)17-21-3-5-24(34)22(15-21)7-10-35-16-27(41)23-4-6-26(40)28-29(23)46-32(43)37-28/h3-6,15,18,20,27,35,40-41H,7-14,16-17,19H2,1-2H3,(H,37,43). The molecule has 1 unspecified atom stereocenters. The fraction of sp³-hybridized carbons (Fsp3) is 0.485. The number of thiazole rings is 2. The lowest BCUT2D eigenvalue weighted by atomic mass is 9.89. The van der Waals surface area contributed by atoms with Crippen LogP contribution in [0.15, 0.2) is 40.5 Å². The van der Waals surface area contributed by atoms with E-state index in [2.05, 4.69) is 46.2 Å². The number of aliphatic hydroxyl groups is 1. The van der Waals surface area contributed by atoms with Crippen LogP contribution in [0.1, 0.15) is 70.9 Å². The number of carbonyl (C=O) groups excluding carboxylic acids is 1. The van der Waals surface area contributed by atoms with Gasteiger partial charge in [0.25, 0.3) is 5.91 Å². The van der Waals surface area contributed by atoms with Crippen LogP contribution in [-0.4, -0.2) is 87.4 Å². The first-order chi connectivity index (χ1) is 22.1. The summed E-state index contributed by atoms with van der Waals surface area (Å²) in [5.74, 6) is 0.302. The molecule has 4 N–H and O–H groups in total. The molecule has 2 aromatic heterocycles. The molecular formula is C33H40ClN5O5S2. The first-order valence-corrected chi connectivity index (χ1v) is 17.8. The van der Waals surface area contributed by atoms with E-state index < -0.39 is 6.10 Å². The Hall–Kier alpha value is -2.84. The molecule has 2 saturated heterocycles. The van der Waals surface area contributed by atoms with Crippen LogP contribution in [0, 0.1) is 0 Å². The van der Waals surface area contributed by atoms with Crippen LogP contribution in [0.3, 0.4) is 0 Å². The number of aromatic amines is 1. The van der Waals surface area contributed by atoms with Gasteiger partial charge >= 0.3 is 4.87 Å². The summed E-state index contributed by atoms with van der Waals surface area (Å²) in [6.07, 6.45) is 1.60. The molecule has 0 radical (unpaired) electrons. The average Bonchev–Trinajstić information content (AvgIpc) is 3.70. The van der Waals surface area contributed by atoms with Gasteiger partial charge in [-0.05, 0) is 49.1 Å². The van der Waals surface area contributed by atoms with Gasteiger partial charge in [0, 0.05) is 54.6 Å². The van der Waals surface area contributed by atoms with Gasteiger partial charge in [0.1, 0.15) is 17.0 Å². The molecule has 1 amide bonds. The lowest BCUT2D eigenvalue weighted by Gasteiger charge is -2.47. The lowest BCUT2D eigenvalue weighted by Crippen LogP contribution is -2.58. The lowest BCUT2D eigenvalue weighted by molar-refractivity contribution is -0.128. The number of likely N-dealkylation sites (tertiary alicyclic amines) is 1. The molecule has 4 aromatic rings. The Balaban J connectivity index is 0.989. The van der Waals surface area contributed by atoms with E-state index in [1.807, 2.05) is 16.3 Å². The second kappa shape index (κ2) is 14.1. The molecule has 0 saturated carbocycles. The van der Waals surface area contributed by atoms with Crippen molar-refractivity contribution < 1.29 is 19.7 Å². The number of benzene rings is 2. The van der Waals surface area contributed by atoms with Crippen molar-refractivity contribution in [2.75, 3.05) is 45.9 Å². The average molecular weight is 686 g/mol. The first kappa shape index (κ1) is 33.1. The largest absolute Gasteiger partial charge is 0.506 e. The zero-order valence-electron chi connectivity index (χ0n) is 26.1. The topological polar surface area (TPSA) is 131 Å². The van der Waals surface area contributed by atoms with E-state index >= 15 is 0 Å². The number of nitrogens with zero attached hydrogens (tertiary/aromatic N) is 3. The molecule has 0 bridgehead atoms. The van der Waals surface area contributed by atoms with Crippen molar-refractivity contribution in [2.45, 2.75) is 57.3 Å². The molecule has 2 aliphatic rings. The molecule has 2 aliphatic heterocycles. The van der Waals surface area contributed by atoms with E-state index in [0.717, 1.165) is 54.4 Å². The first-order valence-electron chi connectivity index (χ1n) is 15.7. The van der Waals surface area contributed by atoms with E-state index in [4.69, 9.17) is 16.3 Å². The van der Waals surface area contributed by atoms with Crippen molar-refractivity contribution in [1.29, 1.82) is 0 Å². The van der Waals surface area contributed by atoms with E-state index in [0.29, 0.717) is 71.6 Å². The van der Waals surface area contributed by atoms with Gasteiger partial charge in [-0.25, -0.2) is 4.98 Å². The van der Waals surface area contributed by atoms with Crippen molar-refractivity contribution in [3.8, 4) is 5.75 Å². The van der Waals surface area contributed by atoms with E-state index in [-0.39, 0.29) is 22.1 Å². The number of amides is 1. The third-order valence-electron chi connectivity index (χ3n) is 8.91. The number of hydrogen-bond donors (Lipinski definition) is 4. The van der Waals surface area contributed by atoms with Gasteiger partial charge in [0.2, 0.25) is 0 Å². The number of H-pyrrole nitrogens is 1. The second-order valence-electron chi connectivity index (χ2n) is 12.5. The maximum Gasteiger partial charge on any atom is 0.305 e. The Kier molecular flexibility index (Phi) is 10.1. The minimum Gasteiger partial charge on any atom is -0.506 e. The maximum absolute atomic E-state index is 13.2. The number of aliphatic hydroxyl groups excluding tert-OH is 1. The summed E-state index contributed by atoms with van der Waals surface area (Å²) >= 11 is 9.09. The molecule has 13 heteroatoms. The minimum absolute atomic E-state index is 0.00241. The summed E-state index contributed by atoms with van der Waals surface area (Å²) < 4.78 is 6.89. The van der Waals surface area contributed by atoms with E-state index in [1.165, 1.54) is 11.6 Å². The third kappa shape index (κ3) is 7.33. The van der Waals surface area contributed by atoms with Crippen LogP contribution in [0.25, 0.3) is 10.2 Å². The number of halogens is 1. The number of carbonyl (C=O) groups is 1. The highest BCUT2D eigenvalue weighted by atomic mass is 35.5. The monoisotopic (exact) mass is 685 g/mol. The fourth-order valence-electron chi connectivity index (χ4n) is 6.30. The smallest absolute Gasteiger partial charge is 0.305 e. The van der Waals surface area contributed by atoms with E-state index in [9.17, 15) is 19.8 Å². The highest BCUT2D eigenvalue weighted by Crippen LogP contribution is 2.33. The Bertz CT molecular complexity index is 1750. The number of ether oxygens (including phenoxy) is 1. The summed E-state index contributed by atoms with van der Waals surface area (Å²) in [7, 11) is 0. The van der Waals surface area contributed by atoms with Gasteiger partial charge in [0.05, 0.1) is 34.6 Å². The zero-order chi connectivity index (χ0) is 32.4. The molecule has 1 atom stereocenters. The Morgan fingerprint density at radius 3 is 2.78 bits per heavy atom. The molecule has 46 heavy (non-hydrogen) atoms. The van der Waals surface area contributed by atoms with Crippen molar-refractivity contribution in [1.82, 2.24) is 25.1 Å². The molecule has 0 aliphatic carbocycles. The van der Waals surface area contributed by atoms with Gasteiger partial charge < -0.3 is 30.2 Å². The van der Waals surface area contributed by atoms with Crippen LogP contribution in [-0.2, 0) is 17.7 Å². The predicted molar refractivity (Wildman–Crippen MR) is 182 cm³/mol. The normalized spacial score (nSPS) is 17.7. The number of morpholine rings is 1. The minimum atomic E-state index is -0.831. The zero-order valence-corrected chi connectivity index (χ0v) is 28.4. The van der Waals surface area contributed by atoms with E-state index in [1.54, 1.807) is 17.4 Å². The van der Waals surface area contributed by atoms with Crippen molar-refractivity contribution in [3.05, 3.63) is 77.8 Å². The van der Waals surface area contributed by atoms with Crippen molar-refractivity contribution >= 4 is 50.4 Å². The number of rotatable bonds is 10. The predicted octanol–water partition coefficient (Wildman–Crippen LogP) is 4.90. The van der Waals surface area contributed by atoms with Crippen LogP contribution in [0.2, 0.25) is 5.02 Å². The highest BCUT2D eigenvalue weighted by molar-refractivity contribution is 7.16. The van der Waals surface area contributed by atoms with Gasteiger partial charge in [0.15, 0.2) is 0 Å². The molecule has 6 rings (SSSR count). The molecule has 4 heterocycles.